The van der Waals surface area contributed by atoms with Gasteiger partial charge in [0.25, 0.3) is 0 Å². The molecule has 1 fully saturated rings. The van der Waals surface area contributed by atoms with E-state index in [2.05, 4.69) is 10.3 Å². The summed E-state index contributed by atoms with van der Waals surface area (Å²) < 4.78 is 5.57. The number of aromatic nitrogens is 1. The molecule has 0 atom stereocenters. The van der Waals surface area contributed by atoms with Gasteiger partial charge in [-0.15, -0.1) is 0 Å². The molecular formula is C11H18N4O. The summed E-state index contributed by atoms with van der Waals surface area (Å²) in [5.41, 5.74) is 11.8. The zero-order chi connectivity index (χ0) is 11.4. The summed E-state index contributed by atoms with van der Waals surface area (Å²) >= 11 is 0. The SMILES string of the molecule is NCCNc1ccc(N)c(OCC2CC2)n1. The van der Waals surface area contributed by atoms with E-state index in [0.717, 1.165) is 12.4 Å². The average Bonchev–Trinajstić information content (AvgIpc) is 3.10. The molecule has 0 amide bonds. The second-order valence-corrected chi connectivity index (χ2v) is 4.06. The molecule has 0 aromatic carbocycles. The van der Waals surface area contributed by atoms with Gasteiger partial charge in [0.05, 0.1) is 12.3 Å². The van der Waals surface area contributed by atoms with Crippen molar-refractivity contribution in [2.45, 2.75) is 12.8 Å². The minimum atomic E-state index is 0.522. The molecule has 0 bridgehead atoms. The number of ether oxygens (including phenoxy) is 1. The van der Waals surface area contributed by atoms with E-state index in [1.54, 1.807) is 6.07 Å². The topological polar surface area (TPSA) is 86.2 Å². The summed E-state index contributed by atoms with van der Waals surface area (Å²) in [6.45, 7) is 1.99. The van der Waals surface area contributed by atoms with Crippen LogP contribution in [0.15, 0.2) is 12.1 Å². The fraction of sp³-hybridized carbons (Fsp3) is 0.545. The zero-order valence-corrected chi connectivity index (χ0v) is 9.28. The van der Waals surface area contributed by atoms with Crippen molar-refractivity contribution in [2.24, 2.45) is 11.7 Å². The van der Waals surface area contributed by atoms with Gasteiger partial charge in [-0.25, -0.2) is 0 Å². The van der Waals surface area contributed by atoms with E-state index in [9.17, 15) is 0 Å². The highest BCUT2D eigenvalue weighted by atomic mass is 16.5. The summed E-state index contributed by atoms with van der Waals surface area (Å²) in [7, 11) is 0. The molecule has 5 N–H and O–H groups in total. The first kappa shape index (κ1) is 11.0. The summed E-state index contributed by atoms with van der Waals surface area (Å²) in [5, 5.41) is 3.09. The predicted octanol–water partition coefficient (Wildman–Crippen LogP) is 0.823. The van der Waals surface area contributed by atoms with Crippen LogP contribution >= 0.6 is 0 Å². The van der Waals surface area contributed by atoms with Gasteiger partial charge in [-0.3, -0.25) is 0 Å². The fourth-order valence-corrected chi connectivity index (χ4v) is 1.35. The van der Waals surface area contributed by atoms with Gasteiger partial charge < -0.3 is 21.5 Å². The van der Waals surface area contributed by atoms with Crippen molar-refractivity contribution in [2.75, 3.05) is 30.7 Å². The third-order valence-electron chi connectivity index (χ3n) is 2.49. The fourth-order valence-electron chi connectivity index (χ4n) is 1.35. The van der Waals surface area contributed by atoms with Crippen molar-refractivity contribution in [1.29, 1.82) is 0 Å². The molecule has 16 heavy (non-hydrogen) atoms. The third kappa shape index (κ3) is 3.00. The number of hydrogen-bond acceptors (Lipinski definition) is 5. The van der Waals surface area contributed by atoms with Gasteiger partial charge in [-0.05, 0) is 30.9 Å². The minimum absolute atomic E-state index is 0.522. The van der Waals surface area contributed by atoms with Crippen molar-refractivity contribution in [3.05, 3.63) is 12.1 Å². The van der Waals surface area contributed by atoms with E-state index < -0.39 is 0 Å². The van der Waals surface area contributed by atoms with Gasteiger partial charge in [0.1, 0.15) is 5.82 Å². The number of nitrogen functional groups attached to an aromatic ring is 1. The molecule has 0 radical (unpaired) electrons. The van der Waals surface area contributed by atoms with Crippen molar-refractivity contribution in [3.63, 3.8) is 0 Å². The summed E-state index contributed by atoms with van der Waals surface area (Å²) in [6.07, 6.45) is 2.51. The molecular weight excluding hydrogens is 204 g/mol. The first-order chi connectivity index (χ1) is 7.79. The van der Waals surface area contributed by atoms with Crippen molar-refractivity contribution >= 4 is 11.5 Å². The second-order valence-electron chi connectivity index (χ2n) is 4.06. The third-order valence-corrected chi connectivity index (χ3v) is 2.49. The van der Waals surface area contributed by atoms with Crippen LogP contribution in [0.2, 0.25) is 0 Å². The number of pyridine rings is 1. The van der Waals surface area contributed by atoms with Gasteiger partial charge in [0, 0.05) is 13.1 Å². The van der Waals surface area contributed by atoms with E-state index in [0.29, 0.717) is 30.6 Å². The molecule has 1 heterocycles. The van der Waals surface area contributed by atoms with Gasteiger partial charge in [0.2, 0.25) is 5.88 Å². The number of rotatable bonds is 6. The minimum Gasteiger partial charge on any atom is -0.476 e. The Hall–Kier alpha value is -1.49. The highest BCUT2D eigenvalue weighted by Crippen LogP contribution is 2.30. The lowest BCUT2D eigenvalue weighted by molar-refractivity contribution is 0.290. The average molecular weight is 222 g/mol. The number of hydrogen-bond donors (Lipinski definition) is 3. The molecule has 1 aromatic rings. The maximum atomic E-state index is 5.78. The molecule has 1 aliphatic rings. The van der Waals surface area contributed by atoms with Crippen LogP contribution in [0.4, 0.5) is 11.5 Å². The van der Waals surface area contributed by atoms with E-state index in [4.69, 9.17) is 16.2 Å². The Bertz CT molecular complexity index is 352. The summed E-state index contributed by atoms with van der Waals surface area (Å²) in [4.78, 5) is 4.30. The smallest absolute Gasteiger partial charge is 0.239 e. The Morgan fingerprint density at radius 3 is 2.94 bits per heavy atom. The van der Waals surface area contributed by atoms with Crippen LogP contribution in [0.1, 0.15) is 12.8 Å². The molecule has 88 valence electrons. The molecule has 1 saturated carbocycles. The molecule has 5 heteroatoms. The lowest BCUT2D eigenvalue weighted by Gasteiger charge is -2.10. The predicted molar refractivity (Wildman–Crippen MR) is 64.4 cm³/mol. The number of anilines is 2. The summed E-state index contributed by atoms with van der Waals surface area (Å²) in [6, 6.07) is 3.63. The number of nitrogens with zero attached hydrogens (tertiary/aromatic N) is 1. The molecule has 1 aromatic heterocycles. The van der Waals surface area contributed by atoms with Crippen LogP contribution in [0.25, 0.3) is 0 Å². The normalized spacial score (nSPS) is 14.8. The lowest BCUT2D eigenvalue weighted by Crippen LogP contribution is -2.14. The number of nitrogens with two attached hydrogens (primary N) is 2. The van der Waals surface area contributed by atoms with Gasteiger partial charge >= 0.3 is 0 Å². The Balaban J connectivity index is 1.96. The molecule has 5 nitrogen and oxygen atoms in total. The molecule has 1 aliphatic carbocycles. The number of nitrogens with one attached hydrogen (secondary N) is 1. The van der Waals surface area contributed by atoms with Crippen molar-refractivity contribution < 1.29 is 4.74 Å². The first-order valence-corrected chi connectivity index (χ1v) is 5.63. The van der Waals surface area contributed by atoms with E-state index >= 15 is 0 Å². The quantitative estimate of drug-likeness (QED) is 0.663. The Kier molecular flexibility index (Phi) is 3.46. The highest BCUT2D eigenvalue weighted by molar-refractivity contribution is 5.53. The van der Waals surface area contributed by atoms with Gasteiger partial charge in [-0.2, -0.15) is 4.98 Å². The Morgan fingerprint density at radius 1 is 1.44 bits per heavy atom. The second kappa shape index (κ2) is 5.03. The van der Waals surface area contributed by atoms with Crippen LogP contribution in [0.5, 0.6) is 5.88 Å². The monoisotopic (exact) mass is 222 g/mol. The highest BCUT2D eigenvalue weighted by Gasteiger charge is 2.22. The Morgan fingerprint density at radius 2 is 2.25 bits per heavy atom. The molecule has 0 saturated heterocycles. The van der Waals surface area contributed by atoms with Crippen molar-refractivity contribution in [3.8, 4) is 5.88 Å². The molecule has 0 aliphatic heterocycles. The molecule has 0 unspecified atom stereocenters. The molecule has 2 rings (SSSR count). The van der Waals surface area contributed by atoms with Crippen LogP contribution < -0.4 is 21.5 Å². The standard InChI is InChI=1S/C11H18N4O/c12-5-6-14-10-4-3-9(13)11(15-10)16-7-8-1-2-8/h3-4,8H,1-2,5-7,12-13H2,(H,14,15). The molecule has 0 spiro atoms. The van der Waals surface area contributed by atoms with E-state index in [1.165, 1.54) is 12.8 Å². The Labute approximate surface area is 95.2 Å². The van der Waals surface area contributed by atoms with Crippen molar-refractivity contribution in [1.82, 2.24) is 4.98 Å². The van der Waals surface area contributed by atoms with Crippen LogP contribution in [-0.2, 0) is 0 Å². The maximum Gasteiger partial charge on any atom is 0.239 e. The maximum absolute atomic E-state index is 5.78. The summed E-state index contributed by atoms with van der Waals surface area (Å²) in [5.74, 6) is 1.97. The zero-order valence-electron chi connectivity index (χ0n) is 9.28. The van der Waals surface area contributed by atoms with E-state index in [1.807, 2.05) is 6.07 Å². The van der Waals surface area contributed by atoms with Crippen LogP contribution in [0, 0.1) is 5.92 Å². The lowest BCUT2D eigenvalue weighted by atomic mass is 10.4. The van der Waals surface area contributed by atoms with Crippen LogP contribution in [0.3, 0.4) is 0 Å². The largest absolute Gasteiger partial charge is 0.476 e. The van der Waals surface area contributed by atoms with Crippen LogP contribution in [-0.4, -0.2) is 24.7 Å². The van der Waals surface area contributed by atoms with E-state index in [-0.39, 0.29) is 0 Å². The van der Waals surface area contributed by atoms with Gasteiger partial charge in [0.15, 0.2) is 0 Å². The van der Waals surface area contributed by atoms with Gasteiger partial charge in [-0.1, -0.05) is 0 Å². The first-order valence-electron chi connectivity index (χ1n) is 5.63.